The first-order valence-electron chi connectivity index (χ1n) is 7.83. The largest absolute Gasteiger partial charge is 0.330 e. The third-order valence-corrected chi connectivity index (χ3v) is 6.25. The van der Waals surface area contributed by atoms with E-state index in [9.17, 15) is 4.79 Å². The predicted octanol–water partition coefficient (Wildman–Crippen LogP) is 3.43. The number of aromatic nitrogens is 1. The molecule has 1 saturated heterocycles. The van der Waals surface area contributed by atoms with Crippen LogP contribution in [0.4, 0.5) is 0 Å². The Kier molecular flexibility index (Phi) is 3.98. The average Bonchev–Trinajstić information content (AvgIpc) is 3.01. The molecular weight excluding hydrogens is 314 g/mol. The minimum Gasteiger partial charge on any atom is -0.330 e. The summed E-state index contributed by atoms with van der Waals surface area (Å²) in [6, 6.07) is 5.00. The molecule has 0 bridgehead atoms. The van der Waals surface area contributed by atoms with Gasteiger partial charge in [0.05, 0.1) is 16.9 Å². The van der Waals surface area contributed by atoms with Crippen LogP contribution in [0.15, 0.2) is 23.8 Å². The van der Waals surface area contributed by atoms with Gasteiger partial charge in [0.2, 0.25) is 0 Å². The van der Waals surface area contributed by atoms with Crippen molar-refractivity contribution in [3.05, 3.63) is 38.5 Å². The van der Waals surface area contributed by atoms with Gasteiger partial charge in [0.1, 0.15) is 0 Å². The summed E-state index contributed by atoms with van der Waals surface area (Å²) in [6.45, 7) is 1.79. The van der Waals surface area contributed by atoms with Crippen LogP contribution in [0.1, 0.15) is 51.2 Å². The second-order valence-electron chi connectivity index (χ2n) is 5.98. The Hall–Kier alpha value is -1.24. The van der Waals surface area contributed by atoms with Crippen molar-refractivity contribution in [1.82, 2.24) is 15.2 Å². The second-order valence-corrected chi connectivity index (χ2v) is 8.07. The zero-order chi connectivity index (χ0) is 14.9. The van der Waals surface area contributed by atoms with E-state index in [-0.39, 0.29) is 5.91 Å². The zero-order valence-electron chi connectivity index (χ0n) is 12.3. The fourth-order valence-corrected chi connectivity index (χ4v) is 4.63. The Labute approximate surface area is 138 Å². The number of amides is 1. The van der Waals surface area contributed by atoms with E-state index in [0.717, 1.165) is 29.1 Å². The SMILES string of the molecule is O=C(c1ccc([C@@H]2CCCN2)s1)N(Cc1cncs1)C1CC1. The number of hydrogen-bond acceptors (Lipinski definition) is 5. The maximum atomic E-state index is 12.9. The quantitative estimate of drug-likeness (QED) is 0.912. The van der Waals surface area contributed by atoms with Crippen LogP contribution in [-0.4, -0.2) is 28.4 Å². The molecule has 1 atom stereocenters. The molecule has 4 rings (SSSR count). The van der Waals surface area contributed by atoms with Gasteiger partial charge in [-0.1, -0.05) is 0 Å². The first kappa shape index (κ1) is 14.4. The van der Waals surface area contributed by atoms with Crippen LogP contribution in [0, 0.1) is 0 Å². The smallest absolute Gasteiger partial charge is 0.264 e. The molecule has 116 valence electrons. The third kappa shape index (κ3) is 2.95. The number of thiazole rings is 1. The lowest BCUT2D eigenvalue weighted by molar-refractivity contribution is 0.0736. The van der Waals surface area contributed by atoms with Gasteiger partial charge in [-0.25, -0.2) is 0 Å². The molecule has 22 heavy (non-hydrogen) atoms. The highest BCUT2D eigenvalue weighted by Crippen LogP contribution is 2.34. The first-order valence-corrected chi connectivity index (χ1v) is 9.52. The monoisotopic (exact) mass is 333 g/mol. The van der Waals surface area contributed by atoms with Gasteiger partial charge in [-0.2, -0.15) is 0 Å². The Morgan fingerprint density at radius 3 is 2.95 bits per heavy atom. The van der Waals surface area contributed by atoms with E-state index in [4.69, 9.17) is 0 Å². The van der Waals surface area contributed by atoms with Crippen molar-refractivity contribution in [3.63, 3.8) is 0 Å². The molecule has 0 aromatic carbocycles. The highest BCUT2D eigenvalue weighted by Gasteiger charge is 2.34. The lowest BCUT2D eigenvalue weighted by Crippen LogP contribution is -2.31. The van der Waals surface area contributed by atoms with Crippen molar-refractivity contribution in [3.8, 4) is 0 Å². The predicted molar refractivity (Wildman–Crippen MR) is 89.3 cm³/mol. The molecule has 1 aliphatic heterocycles. The van der Waals surface area contributed by atoms with Gasteiger partial charge in [0.25, 0.3) is 5.91 Å². The molecule has 2 fully saturated rings. The summed E-state index contributed by atoms with van der Waals surface area (Å²) >= 11 is 3.28. The van der Waals surface area contributed by atoms with Crippen molar-refractivity contribution in [1.29, 1.82) is 0 Å². The van der Waals surface area contributed by atoms with Gasteiger partial charge < -0.3 is 10.2 Å². The molecule has 0 spiro atoms. The molecule has 2 aromatic rings. The zero-order valence-corrected chi connectivity index (χ0v) is 14.0. The van der Waals surface area contributed by atoms with E-state index < -0.39 is 0 Å². The van der Waals surface area contributed by atoms with E-state index in [1.807, 2.05) is 22.7 Å². The number of hydrogen-bond donors (Lipinski definition) is 1. The Bertz CT molecular complexity index is 642. The van der Waals surface area contributed by atoms with Gasteiger partial charge in [-0.3, -0.25) is 9.78 Å². The molecule has 0 unspecified atom stereocenters. The van der Waals surface area contributed by atoms with E-state index >= 15 is 0 Å². The van der Waals surface area contributed by atoms with E-state index in [1.54, 1.807) is 22.7 Å². The number of thiophene rings is 1. The summed E-state index contributed by atoms with van der Waals surface area (Å²) < 4.78 is 0. The maximum Gasteiger partial charge on any atom is 0.264 e. The van der Waals surface area contributed by atoms with Crippen LogP contribution in [0.3, 0.4) is 0 Å². The topological polar surface area (TPSA) is 45.2 Å². The minimum atomic E-state index is 0.185. The highest BCUT2D eigenvalue weighted by molar-refractivity contribution is 7.14. The number of carbonyl (C=O) groups is 1. The van der Waals surface area contributed by atoms with Crippen LogP contribution in [-0.2, 0) is 6.54 Å². The van der Waals surface area contributed by atoms with E-state index in [2.05, 4.69) is 16.4 Å². The number of nitrogens with one attached hydrogen (secondary N) is 1. The summed E-state index contributed by atoms with van der Waals surface area (Å²) in [5, 5.41) is 3.50. The van der Waals surface area contributed by atoms with Crippen LogP contribution in [0.2, 0.25) is 0 Å². The van der Waals surface area contributed by atoms with Gasteiger partial charge in [-0.05, 0) is 44.4 Å². The fraction of sp³-hybridized carbons (Fsp3) is 0.500. The minimum absolute atomic E-state index is 0.185. The van der Waals surface area contributed by atoms with Crippen LogP contribution < -0.4 is 5.32 Å². The van der Waals surface area contributed by atoms with Gasteiger partial charge in [0.15, 0.2) is 0 Å². The van der Waals surface area contributed by atoms with Gasteiger partial charge >= 0.3 is 0 Å². The Morgan fingerprint density at radius 1 is 1.36 bits per heavy atom. The average molecular weight is 333 g/mol. The Morgan fingerprint density at radius 2 is 2.27 bits per heavy atom. The summed E-state index contributed by atoms with van der Waals surface area (Å²) in [4.78, 5) is 22.4. The van der Waals surface area contributed by atoms with Crippen molar-refractivity contribution in [2.45, 2.75) is 44.3 Å². The maximum absolute atomic E-state index is 12.9. The highest BCUT2D eigenvalue weighted by atomic mass is 32.1. The summed E-state index contributed by atoms with van der Waals surface area (Å²) in [5.41, 5.74) is 1.83. The van der Waals surface area contributed by atoms with Crippen LogP contribution in [0.5, 0.6) is 0 Å². The molecular formula is C16H19N3OS2. The van der Waals surface area contributed by atoms with Crippen molar-refractivity contribution < 1.29 is 4.79 Å². The summed E-state index contributed by atoms with van der Waals surface area (Å²) in [7, 11) is 0. The Balaban J connectivity index is 1.51. The number of rotatable bonds is 5. The van der Waals surface area contributed by atoms with Crippen LogP contribution >= 0.6 is 22.7 Å². The molecule has 1 saturated carbocycles. The lowest BCUT2D eigenvalue weighted by atomic mass is 10.2. The summed E-state index contributed by atoms with van der Waals surface area (Å²) in [5.74, 6) is 0.185. The second kappa shape index (κ2) is 6.10. The molecule has 6 heteroatoms. The fourth-order valence-electron chi connectivity index (χ4n) is 2.97. The molecule has 1 aliphatic carbocycles. The van der Waals surface area contributed by atoms with Crippen molar-refractivity contribution in [2.24, 2.45) is 0 Å². The third-order valence-electron chi connectivity index (χ3n) is 4.30. The molecule has 4 nitrogen and oxygen atoms in total. The molecule has 3 heterocycles. The molecule has 2 aliphatic rings. The number of nitrogens with zero attached hydrogens (tertiary/aromatic N) is 2. The number of carbonyl (C=O) groups excluding carboxylic acids is 1. The molecule has 2 aromatic heterocycles. The van der Waals surface area contributed by atoms with Crippen molar-refractivity contribution >= 4 is 28.6 Å². The van der Waals surface area contributed by atoms with E-state index in [1.165, 1.54) is 17.7 Å². The van der Waals surface area contributed by atoms with Gasteiger partial charge in [-0.15, -0.1) is 22.7 Å². The first-order chi connectivity index (χ1) is 10.8. The summed E-state index contributed by atoms with van der Waals surface area (Å²) in [6.07, 6.45) is 6.54. The molecule has 1 N–H and O–H groups in total. The standard InChI is InChI=1S/C16H19N3OS2/c20-16(15-6-5-14(22-15)13-2-1-7-18-13)19(11-3-4-11)9-12-8-17-10-21-12/h5-6,8,10-11,13,18H,1-4,7,9H2/t13-/m0/s1. The lowest BCUT2D eigenvalue weighted by Gasteiger charge is -2.20. The van der Waals surface area contributed by atoms with Gasteiger partial charge in [0, 0.05) is 28.0 Å². The normalized spacial score (nSPS) is 21.2. The molecule has 1 amide bonds. The van der Waals surface area contributed by atoms with E-state index in [0.29, 0.717) is 18.6 Å². The van der Waals surface area contributed by atoms with Crippen LogP contribution in [0.25, 0.3) is 0 Å². The molecule has 0 radical (unpaired) electrons. The van der Waals surface area contributed by atoms with Crippen molar-refractivity contribution in [2.75, 3.05) is 6.54 Å².